The van der Waals surface area contributed by atoms with E-state index in [9.17, 15) is 9.59 Å². The Morgan fingerprint density at radius 1 is 0.750 bits per heavy atom. The van der Waals surface area contributed by atoms with Crippen LogP contribution >= 0.6 is 0 Å². The first kappa shape index (κ1) is 26.8. The molecule has 40 heavy (non-hydrogen) atoms. The Morgan fingerprint density at radius 2 is 1.45 bits per heavy atom. The Labute approximate surface area is 232 Å². The van der Waals surface area contributed by atoms with Crippen LogP contribution in [0.2, 0.25) is 0 Å². The minimum absolute atomic E-state index is 0.0670. The molecule has 0 aliphatic heterocycles. The first-order chi connectivity index (χ1) is 19.6. The lowest BCUT2D eigenvalue weighted by molar-refractivity contribution is 0.0735. The van der Waals surface area contributed by atoms with Crippen molar-refractivity contribution >= 4 is 16.9 Å². The molecule has 1 aromatic heterocycles. The molecule has 0 fully saturated rings. The lowest BCUT2D eigenvalue weighted by atomic mass is 10.1. The van der Waals surface area contributed by atoms with Crippen LogP contribution in [-0.4, -0.2) is 12.6 Å². The van der Waals surface area contributed by atoms with Gasteiger partial charge in [-0.3, -0.25) is 4.79 Å². The zero-order valence-corrected chi connectivity index (χ0v) is 22.3. The summed E-state index contributed by atoms with van der Waals surface area (Å²) in [6.45, 7) is 2.82. The molecule has 0 amide bonds. The molecule has 0 saturated heterocycles. The molecule has 5 aromatic rings. The number of unbranched alkanes of at least 4 members (excludes halogenated alkanes) is 3. The number of carbonyl (C=O) groups excluding carboxylic acids is 1. The van der Waals surface area contributed by atoms with Gasteiger partial charge >= 0.3 is 5.97 Å². The molecular formula is C34H30O6. The summed E-state index contributed by atoms with van der Waals surface area (Å²) in [5, 5.41) is 0.318. The van der Waals surface area contributed by atoms with Gasteiger partial charge in [0, 0.05) is 6.07 Å². The van der Waals surface area contributed by atoms with Crippen molar-refractivity contribution in [3.05, 3.63) is 119 Å². The number of rotatable bonds is 11. The first-order valence-corrected chi connectivity index (χ1v) is 13.4. The van der Waals surface area contributed by atoms with Crippen LogP contribution in [0.4, 0.5) is 0 Å². The fourth-order valence-corrected chi connectivity index (χ4v) is 4.27. The highest BCUT2D eigenvalue weighted by Crippen LogP contribution is 2.27. The molecule has 5 rings (SSSR count). The zero-order valence-electron chi connectivity index (χ0n) is 22.3. The van der Waals surface area contributed by atoms with Crippen LogP contribution in [0.1, 0.15) is 43.0 Å². The van der Waals surface area contributed by atoms with Crippen molar-refractivity contribution < 1.29 is 23.4 Å². The monoisotopic (exact) mass is 534 g/mol. The van der Waals surface area contributed by atoms with E-state index in [1.807, 2.05) is 42.5 Å². The van der Waals surface area contributed by atoms with Gasteiger partial charge < -0.3 is 18.6 Å². The standard InChI is InChI=1S/C34H30O6/c1-2-3-4-8-21-37-27-15-13-26(14-16-27)34(36)40-29-19-20-30-31(22-29)38-23-32(33(30)35)39-28-17-11-25(12-18-28)24-9-6-5-7-10-24/h5-7,9-20,22-23H,2-4,8,21H2,1H3. The smallest absolute Gasteiger partial charge is 0.343 e. The van der Waals surface area contributed by atoms with Crippen molar-refractivity contribution in [3.63, 3.8) is 0 Å². The molecule has 0 N–H and O–H groups in total. The number of carbonyl (C=O) groups is 1. The van der Waals surface area contributed by atoms with Crippen LogP contribution in [0.5, 0.6) is 23.0 Å². The van der Waals surface area contributed by atoms with E-state index in [0.29, 0.717) is 29.1 Å². The average Bonchev–Trinajstić information content (AvgIpc) is 2.99. The second kappa shape index (κ2) is 12.8. The Bertz CT molecular complexity index is 1620. The fraction of sp³-hybridized carbons (Fsp3) is 0.176. The first-order valence-electron chi connectivity index (χ1n) is 13.4. The van der Waals surface area contributed by atoms with Gasteiger partial charge in [0.25, 0.3) is 0 Å². The Kier molecular flexibility index (Phi) is 8.57. The summed E-state index contributed by atoms with van der Waals surface area (Å²) in [7, 11) is 0. The molecule has 0 aliphatic rings. The molecule has 6 nitrogen and oxygen atoms in total. The second-order valence-electron chi connectivity index (χ2n) is 9.40. The number of esters is 1. The molecule has 1 heterocycles. The van der Waals surface area contributed by atoms with Gasteiger partial charge in [-0.1, -0.05) is 68.7 Å². The molecule has 0 bridgehead atoms. The van der Waals surface area contributed by atoms with E-state index in [2.05, 4.69) is 6.92 Å². The van der Waals surface area contributed by atoms with Gasteiger partial charge in [-0.25, -0.2) is 4.79 Å². The van der Waals surface area contributed by atoms with E-state index < -0.39 is 5.97 Å². The minimum Gasteiger partial charge on any atom is -0.494 e. The van der Waals surface area contributed by atoms with E-state index in [1.165, 1.54) is 25.2 Å². The van der Waals surface area contributed by atoms with Gasteiger partial charge in [0.05, 0.1) is 17.6 Å². The third kappa shape index (κ3) is 6.59. The van der Waals surface area contributed by atoms with Crippen molar-refractivity contribution in [2.24, 2.45) is 0 Å². The maximum Gasteiger partial charge on any atom is 0.343 e. The molecule has 202 valence electrons. The summed E-state index contributed by atoms with van der Waals surface area (Å²) < 4.78 is 22.7. The predicted molar refractivity (Wildman–Crippen MR) is 155 cm³/mol. The van der Waals surface area contributed by atoms with Crippen molar-refractivity contribution in [2.45, 2.75) is 32.6 Å². The SMILES string of the molecule is CCCCCCOc1ccc(C(=O)Oc2ccc3c(=O)c(Oc4ccc(-c5ccccc5)cc4)coc3c2)cc1. The van der Waals surface area contributed by atoms with Crippen LogP contribution in [0.15, 0.2) is 113 Å². The fourth-order valence-electron chi connectivity index (χ4n) is 4.27. The van der Waals surface area contributed by atoms with Gasteiger partial charge in [-0.05, 0) is 66.1 Å². The maximum absolute atomic E-state index is 13.0. The normalized spacial score (nSPS) is 10.8. The van der Waals surface area contributed by atoms with E-state index in [1.54, 1.807) is 48.5 Å². The quantitative estimate of drug-likeness (QED) is 0.0962. The Morgan fingerprint density at radius 3 is 2.20 bits per heavy atom. The van der Waals surface area contributed by atoms with Crippen LogP contribution in [0.25, 0.3) is 22.1 Å². The molecule has 0 radical (unpaired) electrons. The molecule has 6 heteroatoms. The largest absolute Gasteiger partial charge is 0.494 e. The molecule has 0 aliphatic carbocycles. The highest BCUT2D eigenvalue weighted by molar-refractivity contribution is 5.91. The van der Waals surface area contributed by atoms with Gasteiger partial charge in [-0.2, -0.15) is 0 Å². The zero-order chi connectivity index (χ0) is 27.7. The second-order valence-corrected chi connectivity index (χ2v) is 9.40. The van der Waals surface area contributed by atoms with E-state index in [0.717, 1.165) is 24.0 Å². The number of benzene rings is 4. The van der Waals surface area contributed by atoms with Crippen molar-refractivity contribution in [1.82, 2.24) is 0 Å². The molecule has 0 atom stereocenters. The summed E-state index contributed by atoms with van der Waals surface area (Å²) in [6.07, 6.45) is 5.79. The Balaban J connectivity index is 1.22. The van der Waals surface area contributed by atoms with Crippen molar-refractivity contribution in [1.29, 1.82) is 0 Å². The highest BCUT2D eigenvalue weighted by Gasteiger charge is 2.13. The van der Waals surface area contributed by atoms with Gasteiger partial charge in [-0.15, -0.1) is 0 Å². The van der Waals surface area contributed by atoms with E-state index in [-0.39, 0.29) is 22.5 Å². The van der Waals surface area contributed by atoms with Gasteiger partial charge in [0.15, 0.2) is 0 Å². The van der Waals surface area contributed by atoms with Crippen molar-refractivity contribution in [3.8, 4) is 34.1 Å². The van der Waals surface area contributed by atoms with E-state index >= 15 is 0 Å². The predicted octanol–water partition coefficient (Wildman–Crippen LogP) is 8.43. The highest BCUT2D eigenvalue weighted by atomic mass is 16.5. The third-order valence-electron chi connectivity index (χ3n) is 6.47. The summed E-state index contributed by atoms with van der Waals surface area (Å²) in [4.78, 5) is 25.7. The average molecular weight is 535 g/mol. The topological polar surface area (TPSA) is 75.0 Å². The molecule has 0 saturated carbocycles. The number of ether oxygens (including phenoxy) is 3. The summed E-state index contributed by atoms with van der Waals surface area (Å²) in [6, 6.07) is 29.0. The van der Waals surface area contributed by atoms with Crippen molar-refractivity contribution in [2.75, 3.05) is 6.61 Å². The number of hydrogen-bond acceptors (Lipinski definition) is 6. The lowest BCUT2D eigenvalue weighted by Crippen LogP contribution is -2.09. The van der Waals surface area contributed by atoms with Gasteiger partial charge in [0.2, 0.25) is 11.2 Å². The molecule has 0 spiro atoms. The van der Waals surface area contributed by atoms with E-state index in [4.69, 9.17) is 18.6 Å². The summed E-state index contributed by atoms with van der Waals surface area (Å²) in [5.41, 5.74) is 2.49. The number of fused-ring (bicyclic) bond motifs is 1. The molecular weight excluding hydrogens is 504 g/mol. The van der Waals surface area contributed by atoms with Crippen LogP contribution in [-0.2, 0) is 0 Å². The van der Waals surface area contributed by atoms with Gasteiger partial charge in [0.1, 0.15) is 29.1 Å². The minimum atomic E-state index is -0.518. The maximum atomic E-state index is 13.0. The van der Waals surface area contributed by atoms with Crippen LogP contribution in [0.3, 0.4) is 0 Å². The lowest BCUT2D eigenvalue weighted by Gasteiger charge is -2.09. The molecule has 0 unspecified atom stereocenters. The Hall–Kier alpha value is -4.84. The van der Waals surface area contributed by atoms with Crippen LogP contribution in [0, 0.1) is 0 Å². The summed E-state index contributed by atoms with van der Waals surface area (Å²) in [5.74, 6) is 1.05. The number of hydrogen-bond donors (Lipinski definition) is 0. The summed E-state index contributed by atoms with van der Waals surface area (Å²) >= 11 is 0. The van der Waals surface area contributed by atoms with Crippen LogP contribution < -0.4 is 19.6 Å². The molecule has 4 aromatic carbocycles. The third-order valence-corrected chi connectivity index (χ3v) is 6.47.